The van der Waals surface area contributed by atoms with Crippen molar-refractivity contribution >= 4 is 23.4 Å². The van der Waals surface area contributed by atoms with Gasteiger partial charge in [0.05, 0.1) is 12.5 Å². The summed E-state index contributed by atoms with van der Waals surface area (Å²) < 4.78 is 12.4. The summed E-state index contributed by atoms with van der Waals surface area (Å²) in [5, 5.41) is 0.645. The molecule has 1 spiro atoms. The Morgan fingerprint density at radius 3 is 2.70 bits per heavy atom. The smallest absolute Gasteiger partial charge is 0.212 e. The molecular formula is C23H26ClNO2. The molecule has 0 N–H and O–H groups in total. The first-order chi connectivity index (χ1) is 12.9. The lowest BCUT2D eigenvalue weighted by molar-refractivity contribution is 0.0504. The van der Waals surface area contributed by atoms with Crippen molar-refractivity contribution in [3.05, 3.63) is 58.6 Å². The van der Waals surface area contributed by atoms with Crippen molar-refractivity contribution in [3.63, 3.8) is 0 Å². The maximum Gasteiger partial charge on any atom is 0.212 e. The predicted octanol–water partition coefficient (Wildman–Crippen LogP) is 6.05. The second kappa shape index (κ2) is 6.49. The molecule has 0 fully saturated rings. The number of anilines is 1. The first-order valence-corrected chi connectivity index (χ1v) is 9.95. The van der Waals surface area contributed by atoms with Gasteiger partial charge in [0.1, 0.15) is 0 Å². The highest BCUT2D eigenvalue weighted by Gasteiger charge is 2.58. The van der Waals surface area contributed by atoms with E-state index in [1.54, 1.807) is 7.11 Å². The molecule has 0 radical (unpaired) electrons. The minimum absolute atomic E-state index is 0.226. The third-order valence-electron chi connectivity index (χ3n) is 5.91. The molecule has 2 heterocycles. The summed E-state index contributed by atoms with van der Waals surface area (Å²) in [5.41, 5.74) is 2.68. The Labute approximate surface area is 166 Å². The Bertz CT molecular complexity index is 905. The summed E-state index contributed by atoms with van der Waals surface area (Å²) in [7, 11) is 1.66. The number of halogens is 1. The fourth-order valence-electron chi connectivity index (χ4n) is 4.40. The van der Waals surface area contributed by atoms with Gasteiger partial charge in [-0.05, 0) is 50.1 Å². The quantitative estimate of drug-likeness (QED) is 0.641. The molecule has 4 heteroatoms. The van der Waals surface area contributed by atoms with E-state index in [9.17, 15) is 0 Å². The number of rotatable bonds is 4. The molecule has 2 aliphatic heterocycles. The van der Waals surface area contributed by atoms with Crippen molar-refractivity contribution in [3.8, 4) is 11.5 Å². The van der Waals surface area contributed by atoms with Gasteiger partial charge in [-0.25, -0.2) is 0 Å². The van der Waals surface area contributed by atoms with Crippen LogP contribution >= 0.6 is 11.6 Å². The van der Waals surface area contributed by atoms with Gasteiger partial charge in [0.2, 0.25) is 5.72 Å². The molecule has 4 rings (SSSR count). The van der Waals surface area contributed by atoms with Crippen molar-refractivity contribution in [2.45, 2.75) is 44.8 Å². The van der Waals surface area contributed by atoms with Gasteiger partial charge in [0.25, 0.3) is 0 Å². The van der Waals surface area contributed by atoms with E-state index in [-0.39, 0.29) is 5.41 Å². The van der Waals surface area contributed by atoms with Gasteiger partial charge >= 0.3 is 0 Å². The molecule has 3 nitrogen and oxygen atoms in total. The summed E-state index contributed by atoms with van der Waals surface area (Å²) in [4.78, 5) is 2.42. The molecule has 0 aliphatic carbocycles. The first-order valence-electron chi connectivity index (χ1n) is 9.57. The third-order valence-corrected chi connectivity index (χ3v) is 6.13. The predicted molar refractivity (Wildman–Crippen MR) is 112 cm³/mol. The van der Waals surface area contributed by atoms with Gasteiger partial charge in [-0.15, -0.1) is 0 Å². The topological polar surface area (TPSA) is 21.7 Å². The Morgan fingerprint density at radius 1 is 1.19 bits per heavy atom. The number of hydrogen-bond donors (Lipinski definition) is 0. The zero-order chi connectivity index (χ0) is 19.2. The van der Waals surface area contributed by atoms with E-state index in [0.717, 1.165) is 30.7 Å². The van der Waals surface area contributed by atoms with Crippen molar-refractivity contribution in [1.29, 1.82) is 0 Å². The van der Waals surface area contributed by atoms with Gasteiger partial charge in [-0.3, -0.25) is 0 Å². The molecule has 0 bridgehead atoms. The van der Waals surface area contributed by atoms with Crippen LogP contribution in [0.15, 0.2) is 42.5 Å². The average Bonchev–Trinajstić information content (AvgIpc) is 2.84. The summed E-state index contributed by atoms with van der Waals surface area (Å²) in [5.74, 6) is 1.43. The average molecular weight is 384 g/mol. The molecule has 27 heavy (non-hydrogen) atoms. The van der Waals surface area contributed by atoms with E-state index < -0.39 is 5.72 Å². The van der Waals surface area contributed by atoms with Crippen LogP contribution in [0.1, 0.15) is 44.7 Å². The zero-order valence-electron chi connectivity index (χ0n) is 16.4. The Hall–Kier alpha value is -2.13. The highest BCUT2D eigenvalue weighted by molar-refractivity contribution is 6.31. The number of unbranched alkanes of at least 4 members (excludes halogenated alkanes) is 1. The van der Waals surface area contributed by atoms with Crippen molar-refractivity contribution in [1.82, 2.24) is 0 Å². The van der Waals surface area contributed by atoms with E-state index in [4.69, 9.17) is 21.1 Å². The minimum atomic E-state index is -0.597. The van der Waals surface area contributed by atoms with Crippen LogP contribution in [-0.2, 0) is 5.41 Å². The fourth-order valence-corrected chi connectivity index (χ4v) is 4.61. The molecule has 0 saturated carbocycles. The molecule has 0 saturated heterocycles. The molecule has 1 atom stereocenters. The molecule has 2 aromatic rings. The normalized spacial score (nSPS) is 21.7. The van der Waals surface area contributed by atoms with Crippen LogP contribution in [0.3, 0.4) is 0 Å². The molecule has 0 aromatic heterocycles. The minimum Gasteiger partial charge on any atom is -0.493 e. The van der Waals surface area contributed by atoms with Gasteiger partial charge in [-0.1, -0.05) is 43.1 Å². The number of fused-ring (bicyclic) bond motifs is 2. The van der Waals surface area contributed by atoms with Gasteiger partial charge in [0, 0.05) is 28.9 Å². The van der Waals surface area contributed by atoms with Crippen LogP contribution in [0, 0.1) is 0 Å². The van der Waals surface area contributed by atoms with Crippen LogP contribution in [-0.4, -0.2) is 19.4 Å². The highest BCUT2D eigenvalue weighted by Crippen LogP contribution is 2.56. The van der Waals surface area contributed by atoms with Gasteiger partial charge < -0.3 is 14.4 Å². The standard InChI is InChI=1S/C23H26ClNO2/c1-5-6-13-25-19-10-8-7-9-18(19)22(2,3)23(25)12-11-16-14-17(24)15-20(26-4)21(16)27-23/h7-12,14-15H,5-6,13H2,1-4H3. The van der Waals surface area contributed by atoms with Crippen LogP contribution in [0.5, 0.6) is 11.5 Å². The van der Waals surface area contributed by atoms with Crippen molar-refractivity contribution in [2.24, 2.45) is 0 Å². The number of ether oxygens (including phenoxy) is 2. The third kappa shape index (κ3) is 2.55. The van der Waals surface area contributed by atoms with Crippen molar-refractivity contribution in [2.75, 3.05) is 18.6 Å². The van der Waals surface area contributed by atoms with Gasteiger partial charge in [0.15, 0.2) is 11.5 Å². The maximum absolute atomic E-state index is 6.82. The number of methoxy groups -OCH3 is 1. The molecular weight excluding hydrogens is 358 g/mol. The maximum atomic E-state index is 6.82. The zero-order valence-corrected chi connectivity index (χ0v) is 17.1. The Kier molecular flexibility index (Phi) is 4.38. The van der Waals surface area contributed by atoms with Crippen LogP contribution < -0.4 is 14.4 Å². The van der Waals surface area contributed by atoms with Crippen molar-refractivity contribution < 1.29 is 9.47 Å². The Balaban J connectivity index is 1.89. The summed E-state index contributed by atoms with van der Waals surface area (Å²) in [6.07, 6.45) is 6.56. The SMILES string of the molecule is CCCCN1c2ccccc2C(C)(C)C12C=Cc1cc(Cl)cc(OC)c1O2. The number of hydrogen-bond acceptors (Lipinski definition) is 3. The second-order valence-electron chi connectivity index (χ2n) is 7.81. The molecule has 1 unspecified atom stereocenters. The highest BCUT2D eigenvalue weighted by atomic mass is 35.5. The fraction of sp³-hybridized carbons (Fsp3) is 0.391. The van der Waals surface area contributed by atoms with Gasteiger partial charge in [-0.2, -0.15) is 0 Å². The summed E-state index contributed by atoms with van der Waals surface area (Å²) >= 11 is 6.26. The number of nitrogens with zero attached hydrogens (tertiary/aromatic N) is 1. The van der Waals surface area contributed by atoms with Crippen LogP contribution in [0.25, 0.3) is 6.08 Å². The second-order valence-corrected chi connectivity index (χ2v) is 8.24. The molecule has 2 aromatic carbocycles. The van der Waals surface area contributed by atoms with E-state index in [0.29, 0.717) is 10.8 Å². The lowest BCUT2D eigenvalue weighted by atomic mass is 9.76. The lowest BCUT2D eigenvalue weighted by Gasteiger charge is -2.47. The lowest BCUT2D eigenvalue weighted by Crippen LogP contribution is -2.59. The number of benzene rings is 2. The van der Waals surface area contributed by atoms with Crippen LogP contribution in [0.4, 0.5) is 5.69 Å². The monoisotopic (exact) mass is 383 g/mol. The number of para-hydroxylation sites is 1. The molecule has 142 valence electrons. The largest absolute Gasteiger partial charge is 0.493 e. The first kappa shape index (κ1) is 18.2. The van der Waals surface area contributed by atoms with E-state index in [1.165, 1.54) is 11.3 Å². The van der Waals surface area contributed by atoms with E-state index in [2.05, 4.69) is 62.1 Å². The summed E-state index contributed by atoms with van der Waals surface area (Å²) in [6.45, 7) is 7.68. The van der Waals surface area contributed by atoms with Crippen LogP contribution in [0.2, 0.25) is 5.02 Å². The Morgan fingerprint density at radius 2 is 1.96 bits per heavy atom. The molecule has 0 amide bonds. The van der Waals surface area contributed by atoms with E-state index >= 15 is 0 Å². The molecule has 2 aliphatic rings. The van der Waals surface area contributed by atoms with E-state index in [1.807, 2.05) is 12.1 Å². The summed E-state index contributed by atoms with van der Waals surface area (Å²) in [6, 6.07) is 12.4.